The van der Waals surface area contributed by atoms with E-state index in [2.05, 4.69) is 20.2 Å². The number of aliphatic imine (C=N–C) groups is 1. The van der Waals surface area contributed by atoms with Crippen molar-refractivity contribution in [3.05, 3.63) is 76.2 Å². The number of benzene rings is 2. The minimum Gasteiger partial charge on any atom is -0.360 e. The Hall–Kier alpha value is -3.60. The summed E-state index contributed by atoms with van der Waals surface area (Å²) in [6, 6.07) is 15.9. The van der Waals surface area contributed by atoms with Crippen molar-refractivity contribution in [2.45, 2.75) is 0 Å². The first kappa shape index (κ1) is 13.8. The number of aromatic nitrogens is 3. The van der Waals surface area contributed by atoms with Crippen LogP contribution in [0.1, 0.15) is 11.1 Å². The molecule has 5 heteroatoms. The van der Waals surface area contributed by atoms with Crippen molar-refractivity contribution in [3.63, 3.8) is 0 Å². The first-order valence-electron chi connectivity index (χ1n) is 8.03. The summed E-state index contributed by atoms with van der Waals surface area (Å²) in [4.78, 5) is 20.0. The number of nitrogens with zero attached hydrogens (tertiary/aromatic N) is 1. The average molecular weight is 326 g/mol. The van der Waals surface area contributed by atoms with Gasteiger partial charge >= 0.3 is 0 Å². The number of hydrogen-bond acceptors (Lipinski definition) is 2. The summed E-state index contributed by atoms with van der Waals surface area (Å²) in [5.74, 6) is 0. The van der Waals surface area contributed by atoms with Crippen molar-refractivity contribution in [2.75, 3.05) is 0 Å². The van der Waals surface area contributed by atoms with Crippen molar-refractivity contribution < 1.29 is 0 Å². The van der Waals surface area contributed by atoms with Gasteiger partial charge in [-0.25, -0.2) is 0 Å². The van der Waals surface area contributed by atoms with Crippen molar-refractivity contribution in [2.24, 2.45) is 4.99 Å². The van der Waals surface area contributed by atoms with Gasteiger partial charge in [0.1, 0.15) is 0 Å². The van der Waals surface area contributed by atoms with E-state index in [1.807, 2.05) is 60.8 Å². The Labute approximate surface area is 142 Å². The fourth-order valence-corrected chi connectivity index (χ4v) is 3.31. The van der Waals surface area contributed by atoms with Crippen LogP contribution in [0.3, 0.4) is 0 Å². The van der Waals surface area contributed by atoms with Gasteiger partial charge in [-0.15, -0.1) is 0 Å². The highest BCUT2D eigenvalue weighted by molar-refractivity contribution is 6.21. The van der Waals surface area contributed by atoms with Crippen molar-refractivity contribution in [1.29, 1.82) is 0 Å². The molecule has 4 aromatic rings. The molecule has 0 spiro atoms. The quantitative estimate of drug-likeness (QED) is 0.509. The van der Waals surface area contributed by atoms with Crippen molar-refractivity contribution >= 4 is 34.5 Å². The van der Waals surface area contributed by atoms with E-state index in [9.17, 15) is 4.79 Å². The first-order valence-corrected chi connectivity index (χ1v) is 8.03. The fraction of sp³-hybridized carbons (Fsp3) is 0. The number of aromatic amines is 3. The summed E-state index contributed by atoms with van der Waals surface area (Å²) in [6.07, 6.45) is 5.61. The van der Waals surface area contributed by atoms with Gasteiger partial charge in [-0.3, -0.25) is 20.0 Å². The second-order valence-corrected chi connectivity index (χ2v) is 5.99. The smallest absolute Gasteiger partial charge is 0.271 e. The molecule has 120 valence electrons. The van der Waals surface area contributed by atoms with E-state index in [0.717, 1.165) is 39.0 Å². The summed E-state index contributed by atoms with van der Waals surface area (Å²) < 4.78 is 0. The van der Waals surface area contributed by atoms with Gasteiger partial charge in [0.15, 0.2) is 0 Å². The van der Waals surface area contributed by atoms with Crippen LogP contribution >= 0.6 is 0 Å². The molecule has 0 saturated carbocycles. The number of fused-ring (bicyclic) bond motifs is 2. The zero-order valence-corrected chi connectivity index (χ0v) is 13.2. The largest absolute Gasteiger partial charge is 0.360 e. The van der Waals surface area contributed by atoms with E-state index < -0.39 is 0 Å². The molecule has 0 aliphatic carbocycles. The summed E-state index contributed by atoms with van der Waals surface area (Å²) >= 11 is 0. The van der Waals surface area contributed by atoms with E-state index in [-0.39, 0.29) is 5.56 Å². The molecule has 0 fully saturated rings. The van der Waals surface area contributed by atoms with Crippen molar-refractivity contribution in [1.82, 2.24) is 15.2 Å². The molecule has 1 aliphatic heterocycles. The van der Waals surface area contributed by atoms with Crippen LogP contribution in [0, 0.1) is 0 Å². The maximum absolute atomic E-state index is 12.4. The summed E-state index contributed by atoms with van der Waals surface area (Å²) in [5, 5.41) is 6.79. The third-order valence-electron chi connectivity index (χ3n) is 4.53. The second kappa shape index (κ2) is 5.21. The Kier molecular flexibility index (Phi) is 2.87. The van der Waals surface area contributed by atoms with Crippen LogP contribution in [-0.4, -0.2) is 21.4 Å². The van der Waals surface area contributed by atoms with Crippen LogP contribution in [0.5, 0.6) is 0 Å². The molecular formula is C20H14N4O. The highest BCUT2D eigenvalue weighted by Crippen LogP contribution is 2.34. The second-order valence-electron chi connectivity index (χ2n) is 5.99. The lowest BCUT2D eigenvalue weighted by Gasteiger charge is -2.00. The van der Waals surface area contributed by atoms with E-state index in [1.165, 1.54) is 0 Å². The fourth-order valence-electron chi connectivity index (χ4n) is 3.31. The average Bonchev–Trinajstić information content (AvgIpc) is 3.34. The number of hydrogen-bond donors (Lipinski definition) is 3. The molecule has 5 rings (SSSR count). The number of allylic oxidation sites excluding steroid dienone is 1. The van der Waals surface area contributed by atoms with Crippen LogP contribution in [0.2, 0.25) is 0 Å². The lowest BCUT2D eigenvalue weighted by Crippen LogP contribution is -2.02. The molecule has 5 nitrogen and oxygen atoms in total. The molecule has 0 saturated heterocycles. The number of H-pyrrole nitrogens is 3. The highest BCUT2D eigenvalue weighted by Gasteiger charge is 2.17. The maximum atomic E-state index is 12.4. The third-order valence-corrected chi connectivity index (χ3v) is 4.53. The number of para-hydroxylation sites is 2. The van der Waals surface area contributed by atoms with Crippen LogP contribution in [0.15, 0.2) is 64.5 Å². The molecule has 0 atom stereocenters. The van der Waals surface area contributed by atoms with Gasteiger partial charge in [0.2, 0.25) is 0 Å². The Balaban J connectivity index is 1.70. The van der Waals surface area contributed by atoms with Gasteiger partial charge < -0.3 is 4.98 Å². The Morgan fingerprint density at radius 3 is 2.72 bits per heavy atom. The molecule has 25 heavy (non-hydrogen) atoms. The number of nitrogens with one attached hydrogen (secondary N) is 3. The van der Waals surface area contributed by atoms with E-state index in [4.69, 9.17) is 0 Å². The van der Waals surface area contributed by atoms with Crippen LogP contribution in [0.4, 0.5) is 5.69 Å². The molecule has 3 N–H and O–H groups in total. The zero-order valence-electron chi connectivity index (χ0n) is 13.2. The molecule has 2 aromatic heterocycles. The maximum Gasteiger partial charge on any atom is 0.271 e. The molecular weight excluding hydrogens is 312 g/mol. The summed E-state index contributed by atoms with van der Waals surface area (Å²) in [6.45, 7) is 0. The Morgan fingerprint density at radius 2 is 1.76 bits per heavy atom. The molecule has 0 amide bonds. The van der Waals surface area contributed by atoms with Crippen molar-refractivity contribution in [3.8, 4) is 11.3 Å². The van der Waals surface area contributed by atoms with Crippen LogP contribution < -0.4 is 5.56 Å². The topological polar surface area (TPSA) is 76.8 Å². The minimum absolute atomic E-state index is 0.148. The van der Waals surface area contributed by atoms with Gasteiger partial charge in [-0.05, 0) is 18.2 Å². The predicted molar refractivity (Wildman–Crippen MR) is 101 cm³/mol. The molecule has 3 heterocycles. The molecule has 0 radical (unpaired) electrons. The molecule has 0 bridgehead atoms. The lowest BCUT2D eigenvalue weighted by molar-refractivity contribution is 1.06. The molecule has 0 unspecified atom stereocenters. The monoisotopic (exact) mass is 326 g/mol. The van der Waals surface area contributed by atoms with Gasteiger partial charge in [-0.2, -0.15) is 0 Å². The van der Waals surface area contributed by atoms with E-state index >= 15 is 0 Å². The predicted octanol–water partition coefficient (Wildman–Crippen LogP) is 4.11. The first-order chi connectivity index (χ1) is 12.3. The van der Waals surface area contributed by atoms with Crippen LogP contribution in [-0.2, 0) is 0 Å². The zero-order chi connectivity index (χ0) is 16.8. The Bertz CT molecular complexity index is 1220. The SMILES string of the molecule is O=c1[nH][nH]c(-c2c[nH]c3ccccc23)c1/C=C1/C=Nc2ccccc21. The Morgan fingerprint density at radius 1 is 0.920 bits per heavy atom. The normalized spacial score (nSPS) is 14.5. The third kappa shape index (κ3) is 2.10. The summed E-state index contributed by atoms with van der Waals surface area (Å²) in [5.41, 5.74) is 6.11. The summed E-state index contributed by atoms with van der Waals surface area (Å²) in [7, 11) is 0. The van der Waals surface area contributed by atoms with E-state index in [0.29, 0.717) is 5.56 Å². The standard InChI is InChI=1S/C20H14N4O/c25-20-15(9-12-10-21-17-7-3-1-5-13(12)17)19(23-24-20)16-11-22-18-8-4-2-6-14(16)18/h1-11,22H,(H2,23,24,25)/b12-9-. The molecule has 2 aromatic carbocycles. The van der Waals surface area contributed by atoms with E-state index in [1.54, 1.807) is 6.21 Å². The van der Waals surface area contributed by atoms with Gasteiger partial charge in [0.05, 0.1) is 16.9 Å². The lowest BCUT2D eigenvalue weighted by atomic mass is 10.0. The minimum atomic E-state index is -0.148. The highest BCUT2D eigenvalue weighted by atomic mass is 16.1. The van der Waals surface area contributed by atoms with Crippen LogP contribution in [0.25, 0.3) is 33.8 Å². The molecule has 1 aliphatic rings. The van der Waals surface area contributed by atoms with Gasteiger partial charge in [0, 0.05) is 40.0 Å². The van der Waals surface area contributed by atoms with Gasteiger partial charge in [-0.1, -0.05) is 36.4 Å². The van der Waals surface area contributed by atoms with Gasteiger partial charge in [0.25, 0.3) is 5.56 Å². The number of rotatable bonds is 2.